The molecule has 2 rings (SSSR count). The van der Waals surface area contributed by atoms with E-state index in [4.69, 9.17) is 5.73 Å². The second-order valence-corrected chi connectivity index (χ2v) is 5.96. The summed E-state index contributed by atoms with van der Waals surface area (Å²) in [4.78, 5) is 13.9. The maximum atomic E-state index is 12.2. The zero-order chi connectivity index (χ0) is 15.6. The number of sulfonamides is 1. The standard InChI is InChI=1S/C12H12N4O4S/c1-8-6-9(2-3-11(8)16(17)18)15-21(19,20)10-4-5-14-12(13)7-10/h2-7,15H,1H3,(H2,13,14). The van der Waals surface area contributed by atoms with Gasteiger partial charge < -0.3 is 5.73 Å². The zero-order valence-corrected chi connectivity index (χ0v) is 11.8. The first-order valence-corrected chi connectivity index (χ1v) is 7.27. The van der Waals surface area contributed by atoms with E-state index in [1.165, 1.54) is 43.5 Å². The zero-order valence-electron chi connectivity index (χ0n) is 11.0. The van der Waals surface area contributed by atoms with Crippen LogP contribution in [0.2, 0.25) is 0 Å². The van der Waals surface area contributed by atoms with E-state index in [1.54, 1.807) is 0 Å². The summed E-state index contributed by atoms with van der Waals surface area (Å²) in [6.07, 6.45) is 1.28. The van der Waals surface area contributed by atoms with Crippen molar-refractivity contribution in [1.82, 2.24) is 4.98 Å². The normalized spacial score (nSPS) is 11.1. The molecule has 0 unspecified atom stereocenters. The summed E-state index contributed by atoms with van der Waals surface area (Å²) in [5, 5.41) is 10.7. The summed E-state index contributed by atoms with van der Waals surface area (Å²) in [6, 6.07) is 6.49. The van der Waals surface area contributed by atoms with Crippen molar-refractivity contribution >= 4 is 27.2 Å². The van der Waals surface area contributed by atoms with Crippen LogP contribution in [0.4, 0.5) is 17.2 Å². The largest absolute Gasteiger partial charge is 0.384 e. The average molecular weight is 308 g/mol. The smallest absolute Gasteiger partial charge is 0.272 e. The number of nitrogens with one attached hydrogen (secondary N) is 1. The van der Waals surface area contributed by atoms with Crippen molar-refractivity contribution < 1.29 is 13.3 Å². The molecule has 0 atom stereocenters. The Morgan fingerprint density at radius 1 is 1.29 bits per heavy atom. The second-order valence-electron chi connectivity index (χ2n) is 4.28. The Balaban J connectivity index is 2.33. The summed E-state index contributed by atoms with van der Waals surface area (Å²) < 4.78 is 26.6. The quantitative estimate of drug-likeness (QED) is 0.653. The Hall–Kier alpha value is -2.68. The molecule has 1 aromatic carbocycles. The van der Waals surface area contributed by atoms with Gasteiger partial charge in [0.2, 0.25) is 0 Å². The Labute approximate surface area is 120 Å². The molecule has 21 heavy (non-hydrogen) atoms. The Morgan fingerprint density at radius 3 is 2.57 bits per heavy atom. The maximum absolute atomic E-state index is 12.2. The van der Waals surface area contributed by atoms with Crippen LogP contribution in [-0.4, -0.2) is 18.3 Å². The lowest BCUT2D eigenvalue weighted by Crippen LogP contribution is -2.13. The molecule has 0 aliphatic heterocycles. The van der Waals surface area contributed by atoms with Gasteiger partial charge in [-0.15, -0.1) is 0 Å². The van der Waals surface area contributed by atoms with E-state index in [2.05, 4.69) is 9.71 Å². The first kappa shape index (κ1) is 14.7. The van der Waals surface area contributed by atoms with Gasteiger partial charge in [0.05, 0.1) is 9.82 Å². The van der Waals surface area contributed by atoms with Crippen molar-refractivity contribution in [3.63, 3.8) is 0 Å². The topological polar surface area (TPSA) is 128 Å². The first-order chi connectivity index (χ1) is 9.79. The van der Waals surface area contributed by atoms with Gasteiger partial charge in [-0.25, -0.2) is 13.4 Å². The summed E-state index contributed by atoms with van der Waals surface area (Å²) in [7, 11) is -3.83. The van der Waals surface area contributed by atoms with Crippen LogP contribution in [0.5, 0.6) is 0 Å². The predicted molar refractivity (Wildman–Crippen MR) is 77.3 cm³/mol. The van der Waals surface area contributed by atoms with E-state index >= 15 is 0 Å². The Morgan fingerprint density at radius 2 is 2.00 bits per heavy atom. The Kier molecular flexibility index (Phi) is 3.76. The summed E-state index contributed by atoms with van der Waals surface area (Å²) in [5.74, 6) is 0.0813. The van der Waals surface area contributed by atoms with E-state index in [9.17, 15) is 18.5 Å². The number of nitro groups is 1. The number of nitrogens with zero attached hydrogens (tertiary/aromatic N) is 2. The number of pyridine rings is 1. The minimum atomic E-state index is -3.83. The van der Waals surface area contributed by atoms with E-state index in [1.807, 2.05) is 0 Å². The summed E-state index contributed by atoms with van der Waals surface area (Å²) in [6.45, 7) is 1.53. The van der Waals surface area contributed by atoms with Gasteiger partial charge in [0.15, 0.2) is 0 Å². The van der Waals surface area contributed by atoms with Crippen LogP contribution in [0.25, 0.3) is 0 Å². The second kappa shape index (κ2) is 5.37. The van der Waals surface area contributed by atoms with Crippen molar-refractivity contribution in [2.24, 2.45) is 0 Å². The highest BCUT2D eigenvalue weighted by Crippen LogP contribution is 2.23. The fourth-order valence-electron chi connectivity index (χ4n) is 1.73. The minimum absolute atomic E-state index is 0.0361. The molecule has 1 aromatic heterocycles. The lowest BCUT2D eigenvalue weighted by atomic mass is 10.2. The summed E-state index contributed by atoms with van der Waals surface area (Å²) in [5.41, 5.74) is 5.96. The number of aromatic nitrogens is 1. The number of anilines is 2. The highest BCUT2D eigenvalue weighted by Gasteiger charge is 2.17. The van der Waals surface area contributed by atoms with Crippen molar-refractivity contribution in [2.75, 3.05) is 10.5 Å². The van der Waals surface area contributed by atoms with Crippen LogP contribution in [-0.2, 0) is 10.0 Å². The number of aryl methyl sites for hydroxylation is 1. The van der Waals surface area contributed by atoms with Gasteiger partial charge in [0, 0.05) is 29.6 Å². The molecule has 0 aliphatic carbocycles. The van der Waals surface area contributed by atoms with E-state index < -0.39 is 14.9 Å². The van der Waals surface area contributed by atoms with E-state index in [-0.39, 0.29) is 22.1 Å². The molecule has 3 N–H and O–H groups in total. The van der Waals surface area contributed by atoms with Gasteiger partial charge in [-0.2, -0.15) is 0 Å². The Bertz CT molecular complexity index is 805. The van der Waals surface area contributed by atoms with Gasteiger partial charge in [0.25, 0.3) is 15.7 Å². The van der Waals surface area contributed by atoms with Gasteiger partial charge in [0.1, 0.15) is 5.82 Å². The van der Waals surface area contributed by atoms with E-state index in [0.29, 0.717) is 5.56 Å². The highest BCUT2D eigenvalue weighted by atomic mass is 32.2. The van der Waals surface area contributed by atoms with Crippen molar-refractivity contribution in [3.05, 3.63) is 52.2 Å². The highest BCUT2D eigenvalue weighted by molar-refractivity contribution is 7.92. The summed E-state index contributed by atoms with van der Waals surface area (Å²) >= 11 is 0. The number of hydrogen-bond acceptors (Lipinski definition) is 6. The molecule has 0 aliphatic rings. The number of nitrogens with two attached hydrogens (primary N) is 1. The molecule has 0 radical (unpaired) electrons. The van der Waals surface area contributed by atoms with E-state index in [0.717, 1.165) is 0 Å². The van der Waals surface area contributed by atoms with Crippen LogP contribution >= 0.6 is 0 Å². The lowest BCUT2D eigenvalue weighted by Gasteiger charge is -2.09. The molecule has 0 fully saturated rings. The SMILES string of the molecule is Cc1cc(NS(=O)(=O)c2ccnc(N)c2)ccc1[N+](=O)[O-]. The predicted octanol–water partition coefficient (Wildman–Crippen LogP) is 1.68. The van der Waals surface area contributed by atoms with Crippen LogP contribution in [0.3, 0.4) is 0 Å². The van der Waals surface area contributed by atoms with Gasteiger partial charge in [-0.05, 0) is 25.1 Å². The molecule has 1 heterocycles. The number of nitrogen functional groups attached to an aromatic ring is 1. The molecular weight excluding hydrogens is 296 g/mol. The fourth-order valence-corrected chi connectivity index (χ4v) is 2.80. The third-order valence-corrected chi connectivity index (χ3v) is 4.09. The number of rotatable bonds is 4. The number of hydrogen-bond donors (Lipinski definition) is 2. The van der Waals surface area contributed by atoms with Crippen molar-refractivity contribution in [3.8, 4) is 0 Å². The monoisotopic (exact) mass is 308 g/mol. The van der Waals surface area contributed by atoms with Crippen LogP contribution in [0, 0.1) is 17.0 Å². The molecule has 0 amide bonds. The number of nitro benzene ring substituents is 1. The van der Waals surface area contributed by atoms with Gasteiger partial charge in [-0.3, -0.25) is 14.8 Å². The minimum Gasteiger partial charge on any atom is -0.384 e. The van der Waals surface area contributed by atoms with Crippen molar-refractivity contribution in [1.29, 1.82) is 0 Å². The molecule has 0 saturated carbocycles. The van der Waals surface area contributed by atoms with Crippen LogP contribution in [0.1, 0.15) is 5.56 Å². The van der Waals surface area contributed by atoms with Gasteiger partial charge in [-0.1, -0.05) is 0 Å². The fraction of sp³-hybridized carbons (Fsp3) is 0.0833. The first-order valence-electron chi connectivity index (χ1n) is 5.79. The molecule has 2 aromatic rings. The third kappa shape index (κ3) is 3.26. The van der Waals surface area contributed by atoms with Gasteiger partial charge >= 0.3 is 0 Å². The molecular formula is C12H12N4O4S. The molecule has 110 valence electrons. The average Bonchev–Trinajstić information content (AvgIpc) is 2.37. The van der Waals surface area contributed by atoms with Crippen LogP contribution < -0.4 is 10.5 Å². The lowest BCUT2D eigenvalue weighted by molar-refractivity contribution is -0.385. The molecule has 0 bridgehead atoms. The number of benzene rings is 1. The maximum Gasteiger partial charge on any atom is 0.272 e. The molecule has 9 heteroatoms. The molecule has 0 saturated heterocycles. The third-order valence-electron chi connectivity index (χ3n) is 2.71. The molecule has 0 spiro atoms. The van der Waals surface area contributed by atoms with Crippen LogP contribution in [0.15, 0.2) is 41.4 Å². The molecule has 8 nitrogen and oxygen atoms in total. The van der Waals surface area contributed by atoms with Crippen molar-refractivity contribution in [2.45, 2.75) is 11.8 Å².